The zero-order valence-corrected chi connectivity index (χ0v) is 10.7. The van der Waals surface area contributed by atoms with Gasteiger partial charge in [0.05, 0.1) is 18.2 Å². The molecule has 1 amide bonds. The van der Waals surface area contributed by atoms with Crippen molar-refractivity contribution >= 4 is 5.91 Å². The number of hydrogen-bond donors (Lipinski definition) is 2. The number of aliphatic hydroxyl groups excluding tert-OH is 1. The molecular weight excluding hydrogens is 244 g/mol. The van der Waals surface area contributed by atoms with Gasteiger partial charge in [-0.1, -0.05) is 6.92 Å². The van der Waals surface area contributed by atoms with Gasteiger partial charge in [0.25, 0.3) is 5.91 Å². The lowest BCUT2D eigenvalue weighted by Gasteiger charge is -2.13. The van der Waals surface area contributed by atoms with Gasteiger partial charge in [0.15, 0.2) is 0 Å². The first-order valence-electron chi connectivity index (χ1n) is 6.10. The highest BCUT2D eigenvalue weighted by Gasteiger charge is 2.11. The maximum absolute atomic E-state index is 11.9. The zero-order chi connectivity index (χ0) is 13.7. The molecule has 0 saturated carbocycles. The van der Waals surface area contributed by atoms with Gasteiger partial charge in [-0.2, -0.15) is 0 Å². The summed E-state index contributed by atoms with van der Waals surface area (Å²) < 4.78 is 1.75. The van der Waals surface area contributed by atoms with Gasteiger partial charge < -0.3 is 10.4 Å². The Hall–Kier alpha value is -2.21. The molecule has 0 spiro atoms. The Morgan fingerprint density at radius 3 is 2.89 bits per heavy atom. The van der Waals surface area contributed by atoms with Crippen molar-refractivity contribution < 1.29 is 9.90 Å². The summed E-state index contributed by atoms with van der Waals surface area (Å²) in [6.07, 6.45) is 7.27. The van der Waals surface area contributed by atoms with E-state index in [1.165, 1.54) is 6.20 Å². The van der Waals surface area contributed by atoms with Crippen LogP contribution in [0.5, 0.6) is 0 Å². The Labute approximate surface area is 111 Å². The van der Waals surface area contributed by atoms with Crippen molar-refractivity contribution in [3.63, 3.8) is 0 Å². The molecule has 6 heteroatoms. The highest BCUT2D eigenvalue weighted by atomic mass is 16.3. The largest absolute Gasteiger partial charge is 0.394 e. The first-order chi connectivity index (χ1) is 9.24. The molecule has 0 bridgehead atoms. The van der Waals surface area contributed by atoms with Crippen LogP contribution in [-0.2, 0) is 0 Å². The molecule has 0 saturated heterocycles. The SMILES string of the molecule is CCC(CO)NC(=O)c1ccc(-n2ccnc2)nc1. The highest BCUT2D eigenvalue weighted by Crippen LogP contribution is 2.06. The monoisotopic (exact) mass is 260 g/mol. The number of carbonyl (C=O) groups is 1. The zero-order valence-electron chi connectivity index (χ0n) is 10.7. The van der Waals surface area contributed by atoms with Crippen LogP contribution in [0, 0.1) is 0 Å². The molecule has 2 rings (SSSR count). The number of amides is 1. The molecule has 2 aromatic heterocycles. The average Bonchev–Trinajstić information content (AvgIpc) is 2.99. The Morgan fingerprint density at radius 1 is 1.53 bits per heavy atom. The predicted molar refractivity (Wildman–Crippen MR) is 70.0 cm³/mol. The van der Waals surface area contributed by atoms with Crippen molar-refractivity contribution in [3.05, 3.63) is 42.6 Å². The number of carbonyl (C=O) groups excluding carboxylic acids is 1. The van der Waals surface area contributed by atoms with E-state index in [1.807, 2.05) is 6.92 Å². The molecule has 2 N–H and O–H groups in total. The number of nitrogens with one attached hydrogen (secondary N) is 1. The maximum atomic E-state index is 11.9. The smallest absolute Gasteiger partial charge is 0.253 e. The fourth-order valence-corrected chi connectivity index (χ4v) is 1.61. The van der Waals surface area contributed by atoms with Crippen molar-refractivity contribution in [2.24, 2.45) is 0 Å². The molecule has 0 aliphatic carbocycles. The van der Waals surface area contributed by atoms with Crippen molar-refractivity contribution in [2.75, 3.05) is 6.61 Å². The van der Waals surface area contributed by atoms with E-state index in [0.29, 0.717) is 17.8 Å². The second-order valence-corrected chi connectivity index (χ2v) is 4.14. The lowest BCUT2D eigenvalue weighted by Crippen LogP contribution is -2.36. The van der Waals surface area contributed by atoms with E-state index >= 15 is 0 Å². The summed E-state index contributed by atoms with van der Waals surface area (Å²) >= 11 is 0. The second kappa shape index (κ2) is 6.10. The lowest BCUT2D eigenvalue weighted by molar-refractivity contribution is 0.0914. The standard InChI is InChI=1S/C13H16N4O2/c1-2-11(8-18)16-13(19)10-3-4-12(15-7-10)17-6-5-14-9-17/h3-7,9,11,18H,2,8H2,1H3,(H,16,19). The summed E-state index contributed by atoms with van der Waals surface area (Å²) in [5.41, 5.74) is 0.468. The Bertz CT molecular complexity index is 518. The highest BCUT2D eigenvalue weighted by molar-refractivity contribution is 5.94. The normalized spacial score (nSPS) is 12.1. The molecule has 0 aliphatic heterocycles. The molecule has 1 atom stereocenters. The summed E-state index contributed by atoms with van der Waals surface area (Å²) in [6, 6.07) is 3.22. The van der Waals surface area contributed by atoms with Crippen LogP contribution in [0.1, 0.15) is 23.7 Å². The quantitative estimate of drug-likeness (QED) is 0.832. The Morgan fingerprint density at radius 2 is 2.37 bits per heavy atom. The van der Waals surface area contributed by atoms with Crippen LogP contribution in [0.2, 0.25) is 0 Å². The molecule has 0 aliphatic rings. The lowest BCUT2D eigenvalue weighted by atomic mass is 10.2. The summed E-state index contributed by atoms with van der Waals surface area (Å²) in [5, 5.41) is 11.8. The van der Waals surface area contributed by atoms with Crippen LogP contribution in [0.25, 0.3) is 5.82 Å². The van der Waals surface area contributed by atoms with Crippen LogP contribution < -0.4 is 5.32 Å². The number of hydrogen-bond acceptors (Lipinski definition) is 4. The van der Waals surface area contributed by atoms with Crippen molar-refractivity contribution in [2.45, 2.75) is 19.4 Å². The molecule has 0 fully saturated rings. The number of rotatable bonds is 5. The van der Waals surface area contributed by atoms with E-state index in [1.54, 1.807) is 35.4 Å². The molecule has 0 aromatic carbocycles. The van der Waals surface area contributed by atoms with Gasteiger partial charge in [0.1, 0.15) is 12.1 Å². The summed E-state index contributed by atoms with van der Waals surface area (Å²) in [5.74, 6) is 0.467. The van der Waals surface area contributed by atoms with Crippen molar-refractivity contribution in [1.29, 1.82) is 0 Å². The van der Waals surface area contributed by atoms with Gasteiger partial charge in [0.2, 0.25) is 0 Å². The van der Waals surface area contributed by atoms with E-state index in [0.717, 1.165) is 0 Å². The average molecular weight is 260 g/mol. The van der Waals surface area contributed by atoms with Crippen molar-refractivity contribution in [1.82, 2.24) is 19.9 Å². The predicted octanol–water partition coefficient (Wildman–Crippen LogP) is 0.768. The van der Waals surface area contributed by atoms with Crippen LogP contribution in [-0.4, -0.2) is 38.2 Å². The van der Waals surface area contributed by atoms with Gasteiger partial charge in [0, 0.05) is 18.6 Å². The molecule has 2 heterocycles. The third-order valence-corrected chi connectivity index (χ3v) is 2.83. The van der Waals surface area contributed by atoms with Gasteiger partial charge >= 0.3 is 0 Å². The molecule has 6 nitrogen and oxygen atoms in total. The van der Waals surface area contributed by atoms with Crippen molar-refractivity contribution in [3.8, 4) is 5.82 Å². The molecule has 19 heavy (non-hydrogen) atoms. The fraction of sp³-hybridized carbons (Fsp3) is 0.308. The Balaban J connectivity index is 2.08. The second-order valence-electron chi connectivity index (χ2n) is 4.14. The Kier molecular flexibility index (Phi) is 4.25. The van der Waals surface area contributed by atoms with Crippen LogP contribution in [0.4, 0.5) is 0 Å². The summed E-state index contributed by atoms with van der Waals surface area (Å²) in [6.45, 7) is 1.84. The molecule has 100 valence electrons. The number of pyridine rings is 1. The van der Waals surface area contributed by atoms with Crippen LogP contribution in [0.15, 0.2) is 37.1 Å². The van der Waals surface area contributed by atoms with E-state index in [-0.39, 0.29) is 18.6 Å². The number of imidazole rings is 1. The van der Waals surface area contributed by atoms with E-state index < -0.39 is 0 Å². The first-order valence-corrected chi connectivity index (χ1v) is 6.10. The van der Waals surface area contributed by atoms with E-state index in [4.69, 9.17) is 5.11 Å². The van der Waals surface area contributed by atoms with Gasteiger partial charge in [-0.25, -0.2) is 9.97 Å². The van der Waals surface area contributed by atoms with E-state index in [2.05, 4.69) is 15.3 Å². The van der Waals surface area contributed by atoms with Gasteiger partial charge in [-0.3, -0.25) is 9.36 Å². The maximum Gasteiger partial charge on any atom is 0.253 e. The number of nitrogens with zero attached hydrogens (tertiary/aromatic N) is 3. The summed E-state index contributed by atoms with van der Waals surface area (Å²) in [7, 11) is 0. The first kappa shape index (κ1) is 13.2. The number of aromatic nitrogens is 3. The van der Waals surface area contributed by atoms with Gasteiger partial charge in [-0.15, -0.1) is 0 Å². The minimum Gasteiger partial charge on any atom is -0.394 e. The number of aliphatic hydroxyl groups is 1. The molecule has 0 radical (unpaired) electrons. The fourth-order valence-electron chi connectivity index (χ4n) is 1.61. The van der Waals surface area contributed by atoms with Crippen LogP contribution in [0.3, 0.4) is 0 Å². The van der Waals surface area contributed by atoms with E-state index in [9.17, 15) is 4.79 Å². The third-order valence-electron chi connectivity index (χ3n) is 2.83. The minimum absolute atomic E-state index is 0.0667. The minimum atomic E-state index is -0.231. The van der Waals surface area contributed by atoms with Gasteiger partial charge in [-0.05, 0) is 18.6 Å². The summed E-state index contributed by atoms with van der Waals surface area (Å²) in [4.78, 5) is 20.0. The molecular formula is C13H16N4O2. The topological polar surface area (TPSA) is 80.0 Å². The molecule has 2 aromatic rings. The molecule has 1 unspecified atom stereocenters. The van der Waals surface area contributed by atoms with Crippen LogP contribution >= 0.6 is 0 Å². The third kappa shape index (κ3) is 3.17.